The SMILES string of the molecule is COc1c(C(=O)N2CCOC(CO)C2)cccc1[N+](=O)[O-]. The zero-order valence-corrected chi connectivity index (χ0v) is 11.5. The number of hydrogen-bond donors (Lipinski definition) is 1. The number of morpholine rings is 1. The molecule has 1 aromatic carbocycles. The van der Waals surface area contributed by atoms with Gasteiger partial charge in [-0.25, -0.2) is 0 Å². The summed E-state index contributed by atoms with van der Waals surface area (Å²) in [4.78, 5) is 24.4. The molecule has 0 radical (unpaired) electrons. The van der Waals surface area contributed by atoms with Crippen LogP contribution in [-0.2, 0) is 4.74 Å². The van der Waals surface area contributed by atoms with Gasteiger partial charge in [-0.05, 0) is 6.07 Å². The molecule has 1 aliphatic heterocycles. The predicted octanol–water partition coefficient (Wildman–Crippen LogP) is 0.437. The Morgan fingerprint density at radius 1 is 1.62 bits per heavy atom. The Labute approximate surface area is 121 Å². The first-order valence-corrected chi connectivity index (χ1v) is 6.41. The van der Waals surface area contributed by atoms with Crippen LogP contribution in [0.4, 0.5) is 5.69 Å². The van der Waals surface area contributed by atoms with E-state index < -0.39 is 11.0 Å². The van der Waals surface area contributed by atoms with E-state index in [2.05, 4.69) is 0 Å². The number of carbonyl (C=O) groups is 1. The van der Waals surface area contributed by atoms with Gasteiger partial charge in [-0.2, -0.15) is 0 Å². The lowest BCUT2D eigenvalue weighted by molar-refractivity contribution is -0.385. The molecule has 1 saturated heterocycles. The third-order valence-electron chi connectivity index (χ3n) is 3.26. The summed E-state index contributed by atoms with van der Waals surface area (Å²) in [5.74, 6) is -0.433. The van der Waals surface area contributed by atoms with Crippen molar-refractivity contribution in [1.82, 2.24) is 4.90 Å². The van der Waals surface area contributed by atoms with Gasteiger partial charge in [0.1, 0.15) is 0 Å². The van der Waals surface area contributed by atoms with Crippen LogP contribution in [0.5, 0.6) is 5.75 Å². The fourth-order valence-electron chi connectivity index (χ4n) is 2.24. The van der Waals surface area contributed by atoms with Crippen LogP contribution in [-0.4, -0.2) is 60.4 Å². The molecule has 0 aromatic heterocycles. The van der Waals surface area contributed by atoms with Gasteiger partial charge in [0.15, 0.2) is 0 Å². The molecule has 0 spiro atoms. The number of rotatable bonds is 4. The van der Waals surface area contributed by atoms with E-state index in [-0.39, 0.29) is 36.1 Å². The van der Waals surface area contributed by atoms with E-state index in [0.717, 1.165) is 0 Å². The zero-order valence-electron chi connectivity index (χ0n) is 11.5. The summed E-state index contributed by atoms with van der Waals surface area (Å²) < 4.78 is 10.3. The number of nitro groups is 1. The van der Waals surface area contributed by atoms with Crippen molar-refractivity contribution in [2.75, 3.05) is 33.4 Å². The first-order valence-electron chi connectivity index (χ1n) is 6.41. The monoisotopic (exact) mass is 296 g/mol. The highest BCUT2D eigenvalue weighted by Crippen LogP contribution is 2.31. The Morgan fingerprint density at radius 2 is 2.38 bits per heavy atom. The van der Waals surface area contributed by atoms with Gasteiger partial charge < -0.3 is 19.5 Å². The smallest absolute Gasteiger partial charge is 0.311 e. The number of aliphatic hydroxyl groups excluding tert-OH is 1. The van der Waals surface area contributed by atoms with Gasteiger partial charge in [0.25, 0.3) is 5.91 Å². The average molecular weight is 296 g/mol. The van der Waals surface area contributed by atoms with E-state index in [0.29, 0.717) is 13.2 Å². The van der Waals surface area contributed by atoms with E-state index in [4.69, 9.17) is 14.6 Å². The molecule has 1 heterocycles. The molecule has 1 fully saturated rings. The summed E-state index contributed by atoms with van der Waals surface area (Å²) in [6, 6.07) is 4.21. The first kappa shape index (κ1) is 15.2. The second kappa shape index (κ2) is 6.51. The van der Waals surface area contributed by atoms with E-state index in [1.54, 1.807) is 0 Å². The molecule has 1 aliphatic rings. The Morgan fingerprint density at radius 3 is 3.00 bits per heavy atom. The summed E-state index contributed by atoms with van der Waals surface area (Å²) in [5, 5.41) is 20.1. The molecule has 1 N–H and O–H groups in total. The van der Waals surface area contributed by atoms with Crippen LogP contribution >= 0.6 is 0 Å². The van der Waals surface area contributed by atoms with Crippen LogP contribution < -0.4 is 4.74 Å². The minimum Gasteiger partial charge on any atom is -0.490 e. The quantitative estimate of drug-likeness (QED) is 0.639. The molecule has 2 rings (SSSR count). The van der Waals surface area contributed by atoms with Crippen LogP contribution in [0, 0.1) is 10.1 Å². The van der Waals surface area contributed by atoms with Crippen LogP contribution in [0.25, 0.3) is 0 Å². The van der Waals surface area contributed by atoms with Crippen molar-refractivity contribution in [3.05, 3.63) is 33.9 Å². The normalized spacial score (nSPS) is 18.4. The van der Waals surface area contributed by atoms with E-state index in [1.165, 1.54) is 30.2 Å². The second-order valence-corrected chi connectivity index (χ2v) is 4.54. The van der Waals surface area contributed by atoms with Crippen molar-refractivity contribution in [2.24, 2.45) is 0 Å². The van der Waals surface area contributed by atoms with Crippen molar-refractivity contribution >= 4 is 11.6 Å². The highest BCUT2D eigenvalue weighted by atomic mass is 16.6. The molecular weight excluding hydrogens is 280 g/mol. The first-order chi connectivity index (χ1) is 10.1. The third-order valence-corrected chi connectivity index (χ3v) is 3.26. The molecule has 0 bridgehead atoms. The van der Waals surface area contributed by atoms with Crippen LogP contribution in [0.15, 0.2) is 18.2 Å². The Bertz CT molecular complexity index is 547. The molecule has 1 atom stereocenters. The van der Waals surface area contributed by atoms with Gasteiger partial charge in [0.2, 0.25) is 5.75 Å². The molecule has 0 aliphatic carbocycles. The highest BCUT2D eigenvalue weighted by molar-refractivity contribution is 5.98. The number of amides is 1. The molecular formula is C13H16N2O6. The van der Waals surface area contributed by atoms with Crippen molar-refractivity contribution in [1.29, 1.82) is 0 Å². The van der Waals surface area contributed by atoms with Gasteiger partial charge in [0, 0.05) is 19.2 Å². The Kier molecular flexibility index (Phi) is 4.71. The molecule has 1 aromatic rings. The van der Waals surface area contributed by atoms with Crippen molar-refractivity contribution < 1.29 is 24.3 Å². The molecule has 1 unspecified atom stereocenters. The highest BCUT2D eigenvalue weighted by Gasteiger charge is 2.29. The van der Waals surface area contributed by atoms with Crippen LogP contribution in [0.3, 0.4) is 0 Å². The molecule has 21 heavy (non-hydrogen) atoms. The fraction of sp³-hybridized carbons (Fsp3) is 0.462. The minimum absolute atomic E-state index is 0.0560. The molecule has 8 nitrogen and oxygen atoms in total. The third kappa shape index (κ3) is 3.11. The largest absolute Gasteiger partial charge is 0.490 e. The summed E-state index contributed by atoms with van der Waals surface area (Å²) in [6.45, 7) is 0.729. The number of hydrogen-bond acceptors (Lipinski definition) is 6. The zero-order chi connectivity index (χ0) is 15.4. The van der Waals surface area contributed by atoms with Gasteiger partial charge in [-0.1, -0.05) is 6.07 Å². The van der Waals surface area contributed by atoms with E-state index in [9.17, 15) is 14.9 Å². The number of methoxy groups -OCH3 is 1. The number of aliphatic hydroxyl groups is 1. The van der Waals surface area contributed by atoms with Crippen molar-refractivity contribution in [3.63, 3.8) is 0 Å². The maximum Gasteiger partial charge on any atom is 0.311 e. The lowest BCUT2D eigenvalue weighted by Gasteiger charge is -2.32. The maximum atomic E-state index is 12.5. The lowest BCUT2D eigenvalue weighted by atomic mass is 10.1. The van der Waals surface area contributed by atoms with Crippen molar-refractivity contribution in [3.8, 4) is 5.75 Å². The van der Waals surface area contributed by atoms with E-state index in [1.807, 2.05) is 0 Å². The van der Waals surface area contributed by atoms with E-state index >= 15 is 0 Å². The van der Waals surface area contributed by atoms with Gasteiger partial charge in [-0.15, -0.1) is 0 Å². The van der Waals surface area contributed by atoms with Crippen molar-refractivity contribution in [2.45, 2.75) is 6.10 Å². The molecule has 8 heteroatoms. The van der Waals surface area contributed by atoms with Crippen LogP contribution in [0.2, 0.25) is 0 Å². The summed E-state index contributed by atoms with van der Waals surface area (Å²) in [7, 11) is 1.29. The molecule has 114 valence electrons. The van der Waals surface area contributed by atoms with Gasteiger partial charge in [-0.3, -0.25) is 14.9 Å². The number of para-hydroxylation sites is 1. The number of carbonyl (C=O) groups excluding carboxylic acids is 1. The summed E-state index contributed by atoms with van der Waals surface area (Å²) in [5.41, 5.74) is -0.124. The number of benzene rings is 1. The van der Waals surface area contributed by atoms with Gasteiger partial charge in [0.05, 0.1) is 36.9 Å². The predicted molar refractivity (Wildman–Crippen MR) is 72.4 cm³/mol. The number of ether oxygens (including phenoxy) is 2. The molecule has 0 saturated carbocycles. The average Bonchev–Trinajstić information content (AvgIpc) is 2.53. The maximum absolute atomic E-state index is 12.5. The molecule has 1 amide bonds. The Balaban J connectivity index is 2.30. The lowest BCUT2D eigenvalue weighted by Crippen LogP contribution is -2.47. The summed E-state index contributed by atoms with van der Waals surface area (Å²) >= 11 is 0. The second-order valence-electron chi connectivity index (χ2n) is 4.54. The Hall–Kier alpha value is -2.19. The number of nitro benzene ring substituents is 1. The fourth-order valence-corrected chi connectivity index (χ4v) is 2.24. The standard InChI is InChI=1S/C13H16N2O6/c1-20-12-10(3-2-4-11(12)15(18)19)13(17)14-5-6-21-9(7-14)8-16/h2-4,9,16H,5-8H2,1H3. The summed E-state index contributed by atoms with van der Waals surface area (Å²) in [6.07, 6.45) is -0.438. The van der Waals surface area contributed by atoms with Gasteiger partial charge >= 0.3 is 5.69 Å². The number of nitrogens with zero attached hydrogens (tertiary/aromatic N) is 2. The topological polar surface area (TPSA) is 102 Å². The minimum atomic E-state index is -0.592. The van der Waals surface area contributed by atoms with Crippen LogP contribution in [0.1, 0.15) is 10.4 Å².